The molecular formula is C27H28F2N4O3S. The maximum Gasteiger partial charge on any atom is 0.350 e. The lowest BCUT2D eigenvalue weighted by Gasteiger charge is -2.36. The number of halogens is 2. The third-order valence-electron chi connectivity index (χ3n) is 6.91. The smallest absolute Gasteiger partial charge is 0.350 e. The van der Waals surface area contributed by atoms with E-state index in [1.807, 2.05) is 24.8 Å². The third kappa shape index (κ3) is 4.53. The van der Waals surface area contributed by atoms with E-state index in [4.69, 9.17) is 4.74 Å². The number of aryl methyl sites for hydroxylation is 1. The third-order valence-corrected chi connectivity index (χ3v) is 8.14. The Kier molecular flexibility index (Phi) is 7.04. The van der Waals surface area contributed by atoms with Crippen molar-refractivity contribution in [2.45, 2.75) is 24.8 Å². The van der Waals surface area contributed by atoms with Crippen molar-refractivity contribution in [2.24, 2.45) is 0 Å². The zero-order chi connectivity index (χ0) is 26.3. The number of carbonyl (C=O) groups excluding carboxylic acids is 1. The summed E-state index contributed by atoms with van der Waals surface area (Å²) in [6, 6.07) is 5.27. The fourth-order valence-electron chi connectivity index (χ4n) is 5.13. The topological polar surface area (TPSA) is 67.7 Å². The van der Waals surface area contributed by atoms with Gasteiger partial charge in [0.2, 0.25) is 5.91 Å². The molecular weight excluding hydrogens is 498 g/mol. The van der Waals surface area contributed by atoms with Gasteiger partial charge in [0.25, 0.3) is 0 Å². The summed E-state index contributed by atoms with van der Waals surface area (Å²) >= 11 is 1.55. The van der Waals surface area contributed by atoms with Crippen molar-refractivity contribution in [3.05, 3.63) is 64.6 Å². The van der Waals surface area contributed by atoms with Crippen LogP contribution in [0.2, 0.25) is 0 Å². The molecule has 1 fully saturated rings. The van der Waals surface area contributed by atoms with Crippen molar-refractivity contribution in [2.75, 3.05) is 50.0 Å². The number of thioether (sulfide) groups is 1. The maximum absolute atomic E-state index is 15.0. The van der Waals surface area contributed by atoms with E-state index in [0.29, 0.717) is 67.6 Å². The van der Waals surface area contributed by atoms with Crippen molar-refractivity contribution in [3.63, 3.8) is 0 Å². The Morgan fingerprint density at radius 1 is 1.24 bits per heavy atom. The van der Waals surface area contributed by atoms with Gasteiger partial charge in [-0.1, -0.05) is 6.58 Å². The van der Waals surface area contributed by atoms with Gasteiger partial charge in [0.1, 0.15) is 17.5 Å². The summed E-state index contributed by atoms with van der Waals surface area (Å²) in [4.78, 5) is 34.6. The SMILES string of the molecule is C=CC(=O)N1CCN(c2nc(=O)n3c4c(c(-c5ccc(F)cc5F)c(C)cc24)SCC3COCC)CC1. The van der Waals surface area contributed by atoms with Crippen LogP contribution in [0.5, 0.6) is 0 Å². The molecule has 194 valence electrons. The number of hydrogen-bond acceptors (Lipinski definition) is 6. The van der Waals surface area contributed by atoms with Crippen molar-refractivity contribution in [1.82, 2.24) is 14.5 Å². The molecule has 5 rings (SSSR count). The normalized spacial score (nSPS) is 17.4. The zero-order valence-corrected chi connectivity index (χ0v) is 21.6. The van der Waals surface area contributed by atoms with E-state index in [1.54, 1.807) is 21.2 Å². The number of piperazine rings is 1. The number of hydrogen-bond donors (Lipinski definition) is 0. The molecule has 0 saturated carbocycles. The quantitative estimate of drug-likeness (QED) is 0.450. The molecule has 0 bridgehead atoms. The minimum Gasteiger partial charge on any atom is -0.380 e. The van der Waals surface area contributed by atoms with Crippen LogP contribution in [-0.4, -0.2) is 65.5 Å². The maximum atomic E-state index is 15.0. The average molecular weight is 527 g/mol. The molecule has 2 aromatic carbocycles. The largest absolute Gasteiger partial charge is 0.380 e. The van der Waals surface area contributed by atoms with Crippen LogP contribution in [0.4, 0.5) is 14.6 Å². The molecule has 0 radical (unpaired) electrons. The highest BCUT2D eigenvalue weighted by Gasteiger charge is 2.31. The summed E-state index contributed by atoms with van der Waals surface area (Å²) in [5, 5.41) is 0.788. The number of amides is 1. The molecule has 7 nitrogen and oxygen atoms in total. The van der Waals surface area contributed by atoms with Crippen LogP contribution >= 0.6 is 11.8 Å². The van der Waals surface area contributed by atoms with Gasteiger partial charge in [-0.3, -0.25) is 9.36 Å². The molecule has 2 aliphatic rings. The molecule has 1 amide bonds. The molecule has 1 aromatic heterocycles. The highest BCUT2D eigenvalue weighted by Crippen LogP contribution is 2.46. The highest BCUT2D eigenvalue weighted by molar-refractivity contribution is 7.99. The Bertz CT molecular complexity index is 1450. The van der Waals surface area contributed by atoms with Crippen LogP contribution in [-0.2, 0) is 9.53 Å². The Labute approximate surface area is 217 Å². The number of benzene rings is 2. The van der Waals surface area contributed by atoms with Crippen LogP contribution in [0.3, 0.4) is 0 Å². The molecule has 1 atom stereocenters. The minimum atomic E-state index is -0.651. The van der Waals surface area contributed by atoms with Crippen LogP contribution in [0.1, 0.15) is 18.5 Å². The first-order chi connectivity index (χ1) is 17.8. The van der Waals surface area contributed by atoms with Crippen molar-refractivity contribution < 1.29 is 18.3 Å². The number of nitrogens with zero attached hydrogens (tertiary/aromatic N) is 4. The Morgan fingerprint density at radius 3 is 2.68 bits per heavy atom. The molecule has 37 heavy (non-hydrogen) atoms. The minimum absolute atomic E-state index is 0.124. The summed E-state index contributed by atoms with van der Waals surface area (Å²) in [5.41, 5.74) is 2.03. The lowest BCUT2D eigenvalue weighted by molar-refractivity contribution is -0.126. The molecule has 2 aliphatic heterocycles. The molecule has 10 heteroatoms. The van der Waals surface area contributed by atoms with Gasteiger partial charge in [0.05, 0.1) is 18.2 Å². The van der Waals surface area contributed by atoms with Gasteiger partial charge in [0.15, 0.2) is 0 Å². The fraction of sp³-hybridized carbons (Fsp3) is 0.370. The highest BCUT2D eigenvalue weighted by atomic mass is 32.2. The zero-order valence-electron chi connectivity index (χ0n) is 20.8. The van der Waals surface area contributed by atoms with E-state index < -0.39 is 17.3 Å². The summed E-state index contributed by atoms with van der Waals surface area (Å²) in [6.45, 7) is 10.2. The Morgan fingerprint density at radius 2 is 2.00 bits per heavy atom. The number of aromatic nitrogens is 2. The van der Waals surface area contributed by atoms with Crippen molar-refractivity contribution >= 4 is 34.4 Å². The van der Waals surface area contributed by atoms with Gasteiger partial charge >= 0.3 is 5.69 Å². The predicted octanol–water partition coefficient (Wildman–Crippen LogP) is 4.17. The molecule has 1 unspecified atom stereocenters. The van der Waals surface area contributed by atoms with E-state index in [0.717, 1.165) is 21.9 Å². The second kappa shape index (κ2) is 10.3. The van der Waals surface area contributed by atoms with E-state index in [1.165, 1.54) is 18.2 Å². The second-order valence-electron chi connectivity index (χ2n) is 9.15. The van der Waals surface area contributed by atoms with Gasteiger partial charge in [-0.15, -0.1) is 11.8 Å². The number of ether oxygens (including phenoxy) is 1. The van der Waals surface area contributed by atoms with E-state index >= 15 is 0 Å². The molecule has 0 N–H and O–H groups in total. The Balaban J connectivity index is 1.71. The van der Waals surface area contributed by atoms with Gasteiger partial charge in [-0.2, -0.15) is 4.98 Å². The molecule has 0 aliphatic carbocycles. The number of anilines is 1. The van der Waals surface area contributed by atoms with E-state index in [9.17, 15) is 18.4 Å². The van der Waals surface area contributed by atoms with Crippen LogP contribution in [0.15, 0.2) is 46.6 Å². The lowest BCUT2D eigenvalue weighted by Crippen LogP contribution is -2.49. The summed E-state index contributed by atoms with van der Waals surface area (Å²) in [6.07, 6.45) is 1.30. The molecule has 3 heterocycles. The van der Waals surface area contributed by atoms with Gasteiger partial charge < -0.3 is 14.5 Å². The summed E-state index contributed by atoms with van der Waals surface area (Å²) in [5.74, 6) is -0.307. The molecule has 0 spiro atoms. The van der Waals surface area contributed by atoms with E-state index in [-0.39, 0.29) is 11.9 Å². The van der Waals surface area contributed by atoms with Crippen LogP contribution < -0.4 is 10.6 Å². The van der Waals surface area contributed by atoms with Crippen molar-refractivity contribution in [3.8, 4) is 11.1 Å². The molecule has 1 saturated heterocycles. The first-order valence-electron chi connectivity index (χ1n) is 12.3. The number of carbonyl (C=O) groups is 1. The second-order valence-corrected chi connectivity index (χ2v) is 10.2. The van der Waals surface area contributed by atoms with Gasteiger partial charge in [-0.05, 0) is 43.7 Å². The first-order valence-corrected chi connectivity index (χ1v) is 13.2. The lowest BCUT2D eigenvalue weighted by atomic mass is 9.97. The van der Waals surface area contributed by atoms with Crippen LogP contribution in [0, 0.1) is 18.6 Å². The van der Waals surface area contributed by atoms with E-state index in [2.05, 4.69) is 11.6 Å². The van der Waals surface area contributed by atoms with Gasteiger partial charge in [0, 0.05) is 66.0 Å². The predicted molar refractivity (Wildman–Crippen MR) is 141 cm³/mol. The monoisotopic (exact) mass is 526 g/mol. The van der Waals surface area contributed by atoms with Crippen molar-refractivity contribution in [1.29, 1.82) is 0 Å². The molecule has 3 aromatic rings. The fourth-order valence-corrected chi connectivity index (χ4v) is 6.50. The summed E-state index contributed by atoms with van der Waals surface area (Å²) < 4.78 is 36.0. The first kappa shape index (κ1) is 25.4. The van der Waals surface area contributed by atoms with Crippen LogP contribution in [0.25, 0.3) is 22.0 Å². The Hall–Kier alpha value is -3.24. The standard InChI is InChI=1S/C27H28F2N4O3S/c1-4-22(34)31-8-10-32(11-9-31)26-20-12-16(3)23(19-7-6-17(28)13-21(19)29)25-24(20)33(27(35)30-26)18(15-37-25)14-36-5-2/h4,6-7,12-13,18H,1,5,8-11,14-15H2,2-3H3. The average Bonchev–Trinajstić information content (AvgIpc) is 2.90. The van der Waals surface area contributed by atoms with Gasteiger partial charge in [-0.25, -0.2) is 13.6 Å². The summed E-state index contributed by atoms with van der Waals surface area (Å²) in [7, 11) is 0. The number of rotatable bonds is 6.